The van der Waals surface area contributed by atoms with Crippen LogP contribution < -0.4 is 4.72 Å². The van der Waals surface area contributed by atoms with E-state index in [0.717, 1.165) is 80.5 Å². The Labute approximate surface area is 309 Å². The van der Waals surface area contributed by atoms with E-state index < -0.39 is 26.6 Å². The lowest BCUT2D eigenvalue weighted by molar-refractivity contribution is 0.0606. The van der Waals surface area contributed by atoms with Crippen molar-refractivity contribution in [3.8, 4) is 0 Å². The minimum atomic E-state index is -4.19. The Morgan fingerprint density at radius 1 is 0.942 bits per heavy atom. The Balaban J connectivity index is 0.986. The van der Waals surface area contributed by atoms with Crippen molar-refractivity contribution in [2.24, 2.45) is 0 Å². The first-order chi connectivity index (χ1) is 25.0. The lowest BCUT2D eigenvalue weighted by atomic mass is 9.70. The van der Waals surface area contributed by atoms with Crippen LogP contribution in [0.1, 0.15) is 98.4 Å². The summed E-state index contributed by atoms with van der Waals surface area (Å²) in [4.78, 5) is 22.6. The van der Waals surface area contributed by atoms with Gasteiger partial charge in [-0.15, -0.1) is 0 Å². The molecule has 2 atom stereocenters. The summed E-state index contributed by atoms with van der Waals surface area (Å²) in [5.74, 6) is -0.636. The molecule has 52 heavy (non-hydrogen) atoms. The molecule has 3 aliphatic heterocycles. The Morgan fingerprint density at radius 2 is 1.65 bits per heavy atom. The zero-order chi connectivity index (χ0) is 36.2. The molecule has 8 nitrogen and oxygen atoms in total. The molecular weight excluding hydrogens is 704 g/mol. The van der Waals surface area contributed by atoms with E-state index in [9.17, 15) is 17.6 Å². The molecule has 2 unspecified atom stereocenters. The number of amides is 1. The molecule has 0 spiro atoms. The highest BCUT2D eigenvalue weighted by molar-refractivity contribution is 7.89. The summed E-state index contributed by atoms with van der Waals surface area (Å²) < 4.78 is 61.2. The summed E-state index contributed by atoms with van der Waals surface area (Å²) in [5.41, 5.74) is 2.80. The van der Waals surface area contributed by atoms with Gasteiger partial charge in [-0.3, -0.25) is 9.69 Å². The first-order valence-electron chi connectivity index (χ1n) is 18.8. The van der Waals surface area contributed by atoms with Gasteiger partial charge in [0.25, 0.3) is 5.91 Å². The maximum Gasteiger partial charge on any atom is 0.255 e. The highest BCUT2D eigenvalue weighted by atomic mass is 35.5. The Bertz CT molecular complexity index is 2080. The van der Waals surface area contributed by atoms with Gasteiger partial charge in [0.15, 0.2) is 0 Å². The van der Waals surface area contributed by atoms with Gasteiger partial charge in [0.2, 0.25) is 10.0 Å². The van der Waals surface area contributed by atoms with E-state index in [-0.39, 0.29) is 27.9 Å². The normalized spacial score (nSPS) is 23.8. The fourth-order valence-electron chi connectivity index (χ4n) is 9.83. The Morgan fingerprint density at radius 3 is 2.37 bits per heavy atom. The first-order valence-corrected chi connectivity index (χ1v) is 20.6. The minimum Gasteiger partial charge on any atom is -0.339 e. The summed E-state index contributed by atoms with van der Waals surface area (Å²) in [5, 5.41) is -0.123. The van der Waals surface area contributed by atoms with Gasteiger partial charge in [-0.1, -0.05) is 48.7 Å². The average molecular weight is 750 g/mol. The van der Waals surface area contributed by atoms with Crippen LogP contribution in [-0.4, -0.2) is 71.4 Å². The summed E-state index contributed by atoms with van der Waals surface area (Å²) >= 11 is 6.40. The number of aromatic nitrogens is 2. The highest BCUT2D eigenvalue weighted by Crippen LogP contribution is 2.45. The van der Waals surface area contributed by atoms with E-state index in [1.807, 2.05) is 12.1 Å². The maximum absolute atomic E-state index is 15.0. The van der Waals surface area contributed by atoms with Gasteiger partial charge in [-0.05, 0) is 119 Å². The fraction of sp³-hybridized carbons (Fsp3) is 0.500. The molecule has 2 bridgehead atoms. The molecule has 3 saturated heterocycles. The van der Waals surface area contributed by atoms with Crippen LogP contribution in [0.15, 0.2) is 65.6 Å². The number of sulfonamides is 1. The number of hydrogen-bond acceptors (Lipinski definition) is 5. The molecule has 0 radical (unpaired) electrons. The lowest BCUT2D eigenvalue weighted by Crippen LogP contribution is -2.49. The van der Waals surface area contributed by atoms with E-state index in [1.165, 1.54) is 11.6 Å². The van der Waals surface area contributed by atoms with Gasteiger partial charge in [0.05, 0.1) is 21.6 Å². The van der Waals surface area contributed by atoms with Gasteiger partial charge in [0.1, 0.15) is 22.4 Å². The lowest BCUT2D eigenvalue weighted by Gasteiger charge is -2.45. The van der Waals surface area contributed by atoms with E-state index in [0.29, 0.717) is 56.9 Å². The van der Waals surface area contributed by atoms with E-state index in [2.05, 4.69) is 39.3 Å². The van der Waals surface area contributed by atoms with Crippen molar-refractivity contribution in [3.63, 3.8) is 0 Å². The van der Waals surface area contributed by atoms with Crippen LogP contribution in [0.4, 0.5) is 8.78 Å². The molecule has 4 heterocycles. The number of rotatable bonds is 9. The van der Waals surface area contributed by atoms with Gasteiger partial charge >= 0.3 is 0 Å². The predicted molar refractivity (Wildman–Crippen MR) is 198 cm³/mol. The number of halogens is 3. The molecule has 1 N–H and O–H groups in total. The first kappa shape index (κ1) is 35.6. The molecule has 8 rings (SSSR count). The van der Waals surface area contributed by atoms with Gasteiger partial charge in [-0.2, -0.15) is 0 Å². The largest absolute Gasteiger partial charge is 0.339 e. The third kappa shape index (κ3) is 6.67. The van der Waals surface area contributed by atoms with E-state index in [1.54, 1.807) is 17.0 Å². The monoisotopic (exact) mass is 749 g/mol. The van der Waals surface area contributed by atoms with Gasteiger partial charge < -0.3 is 9.47 Å². The quantitative estimate of drug-likeness (QED) is 0.188. The molecule has 4 aliphatic rings. The number of imidazole rings is 1. The average Bonchev–Trinajstić information content (AvgIpc) is 3.81. The van der Waals surface area contributed by atoms with Crippen molar-refractivity contribution in [1.29, 1.82) is 0 Å². The minimum absolute atomic E-state index is 0.0338. The smallest absolute Gasteiger partial charge is 0.255 e. The number of fused-ring (bicyclic) bond motifs is 3. The molecule has 4 aromatic rings. The van der Waals surface area contributed by atoms with Crippen LogP contribution in [0.5, 0.6) is 0 Å². The maximum atomic E-state index is 15.0. The molecule has 3 aromatic carbocycles. The number of para-hydroxylation sites is 2. The molecule has 1 aromatic heterocycles. The van der Waals surface area contributed by atoms with E-state index in [4.69, 9.17) is 16.6 Å². The zero-order valence-electron chi connectivity index (χ0n) is 29.5. The number of likely N-dealkylation sites (tertiary alicyclic amines) is 1. The van der Waals surface area contributed by atoms with Crippen LogP contribution >= 0.6 is 11.6 Å². The van der Waals surface area contributed by atoms with Crippen LogP contribution in [0.25, 0.3) is 11.0 Å². The van der Waals surface area contributed by atoms with Crippen LogP contribution in [0.3, 0.4) is 0 Å². The standard InChI is InChI=1S/C40H46ClF2N5O3S/c1-26-44-36-11-4-5-12-37(36)48(26)32-22-30-13-14-31(23-32)47(30)20-17-40(27-7-6-8-28(42)21-27)15-18-46(19-16-40)39(49)33-24-38(35(43)25-34(33)41)52(50,51)45-29-9-2-3-10-29/h4-8,11-12,21,24-25,29-32,45H,2-3,9-10,13-20,22-23H2,1H3. The SMILES string of the molecule is Cc1nc2ccccc2n1C1CC2CCC(C1)N2CCC1(c2cccc(F)c2)CCN(C(=O)c2cc(S(=O)(=O)NC3CCCC3)c(F)cc2Cl)CC1. The number of nitrogens with one attached hydrogen (secondary N) is 1. The molecule has 276 valence electrons. The summed E-state index contributed by atoms with van der Waals surface area (Å²) in [6.45, 7) is 3.75. The second-order valence-electron chi connectivity index (χ2n) is 15.5. The van der Waals surface area contributed by atoms with Crippen molar-refractivity contribution in [1.82, 2.24) is 24.1 Å². The molecule has 1 aliphatic carbocycles. The van der Waals surface area contributed by atoms with Crippen LogP contribution in [-0.2, 0) is 15.4 Å². The topological polar surface area (TPSA) is 87.5 Å². The van der Waals surface area contributed by atoms with Crippen molar-refractivity contribution < 1.29 is 22.0 Å². The van der Waals surface area contributed by atoms with Crippen molar-refractivity contribution in [3.05, 3.63) is 94.3 Å². The highest BCUT2D eigenvalue weighted by Gasteiger charge is 2.44. The van der Waals surface area contributed by atoms with Crippen LogP contribution in [0.2, 0.25) is 5.02 Å². The number of piperidine rings is 2. The van der Waals surface area contributed by atoms with E-state index >= 15 is 4.39 Å². The number of nitrogens with zero attached hydrogens (tertiary/aromatic N) is 4. The summed E-state index contributed by atoms with van der Waals surface area (Å²) in [6, 6.07) is 18.3. The molecule has 4 fully saturated rings. The van der Waals surface area contributed by atoms with Gasteiger partial charge in [-0.25, -0.2) is 26.9 Å². The number of benzene rings is 3. The third-order valence-electron chi connectivity index (χ3n) is 12.5. The number of carbonyl (C=O) groups is 1. The number of hydrogen-bond donors (Lipinski definition) is 1. The summed E-state index contributed by atoms with van der Waals surface area (Å²) in [6.07, 6.45) is 9.73. The van der Waals surface area contributed by atoms with Crippen molar-refractivity contribution in [2.45, 2.75) is 112 Å². The molecular formula is C40H46ClF2N5O3S. The predicted octanol–water partition coefficient (Wildman–Crippen LogP) is 7.93. The Kier molecular flexibility index (Phi) is 9.68. The zero-order valence-corrected chi connectivity index (χ0v) is 31.1. The molecule has 12 heteroatoms. The Hall–Kier alpha value is -3.38. The fourth-order valence-corrected chi connectivity index (χ4v) is 11.4. The second kappa shape index (κ2) is 14.1. The number of aryl methyl sites for hydroxylation is 1. The molecule has 1 amide bonds. The van der Waals surface area contributed by atoms with Crippen molar-refractivity contribution >= 4 is 38.6 Å². The number of carbonyl (C=O) groups excluding carboxylic acids is 1. The second-order valence-corrected chi connectivity index (χ2v) is 17.6. The van der Waals surface area contributed by atoms with Crippen molar-refractivity contribution in [2.75, 3.05) is 19.6 Å². The molecule has 1 saturated carbocycles. The summed E-state index contributed by atoms with van der Waals surface area (Å²) in [7, 11) is -4.19. The third-order valence-corrected chi connectivity index (χ3v) is 14.4. The van der Waals surface area contributed by atoms with Crippen LogP contribution in [0, 0.1) is 18.6 Å². The van der Waals surface area contributed by atoms with Gasteiger partial charge in [0, 0.05) is 37.3 Å².